The lowest BCUT2D eigenvalue weighted by Gasteiger charge is -2.11. The fraction of sp³-hybridized carbons (Fsp3) is 0.0952. The van der Waals surface area contributed by atoms with Crippen LogP contribution in [0, 0.1) is 6.92 Å². The molecule has 2 aromatic heterocycles. The standard InChI is InChI=1S/C21H19N3O2S/c1-15-5-2-7-17(11-15)20(25)24-19(12-18-8-4-10-27-18)21(26)23-14-16-6-3-9-22-13-16/h2-13H,14H2,1H3,(H,23,26)(H,24,25)/b19-12-. The number of carbonyl (C=O) groups is 2. The highest BCUT2D eigenvalue weighted by Crippen LogP contribution is 2.13. The summed E-state index contributed by atoms with van der Waals surface area (Å²) in [6.45, 7) is 2.24. The summed E-state index contributed by atoms with van der Waals surface area (Å²) in [7, 11) is 0. The van der Waals surface area contributed by atoms with E-state index in [1.165, 1.54) is 11.3 Å². The van der Waals surface area contributed by atoms with Crippen molar-refractivity contribution in [2.24, 2.45) is 0 Å². The van der Waals surface area contributed by atoms with E-state index in [9.17, 15) is 9.59 Å². The minimum Gasteiger partial charge on any atom is -0.347 e. The SMILES string of the molecule is Cc1cccc(C(=O)N/C(=C\c2cccs2)C(=O)NCc2cccnc2)c1. The zero-order valence-corrected chi connectivity index (χ0v) is 15.6. The minimum absolute atomic E-state index is 0.202. The molecule has 0 atom stereocenters. The topological polar surface area (TPSA) is 71.1 Å². The van der Waals surface area contributed by atoms with Crippen LogP contribution in [0.4, 0.5) is 0 Å². The zero-order chi connectivity index (χ0) is 19.1. The second-order valence-electron chi connectivity index (χ2n) is 5.94. The molecular formula is C21H19N3O2S. The number of pyridine rings is 1. The summed E-state index contributed by atoms with van der Waals surface area (Å²) < 4.78 is 0. The average molecular weight is 377 g/mol. The van der Waals surface area contributed by atoms with E-state index in [1.54, 1.807) is 30.6 Å². The maximum absolute atomic E-state index is 12.7. The number of nitrogens with zero attached hydrogens (tertiary/aromatic N) is 1. The van der Waals surface area contributed by atoms with Crippen molar-refractivity contribution in [3.63, 3.8) is 0 Å². The van der Waals surface area contributed by atoms with Crippen molar-refractivity contribution >= 4 is 29.2 Å². The molecule has 0 aliphatic heterocycles. The molecule has 2 amide bonds. The lowest BCUT2D eigenvalue weighted by molar-refractivity contribution is -0.117. The van der Waals surface area contributed by atoms with Gasteiger partial charge in [-0.3, -0.25) is 14.6 Å². The van der Waals surface area contributed by atoms with Gasteiger partial charge in [0, 0.05) is 29.4 Å². The summed E-state index contributed by atoms with van der Waals surface area (Å²) in [5.41, 5.74) is 2.57. The number of thiophene rings is 1. The number of benzene rings is 1. The third-order valence-electron chi connectivity index (χ3n) is 3.78. The molecule has 3 rings (SSSR count). The summed E-state index contributed by atoms with van der Waals surface area (Å²) in [5, 5.41) is 7.47. The van der Waals surface area contributed by atoms with Crippen LogP contribution in [0.1, 0.15) is 26.4 Å². The molecule has 0 saturated carbocycles. The molecule has 6 heteroatoms. The first kappa shape index (κ1) is 18.5. The molecule has 1 aromatic carbocycles. The molecule has 0 spiro atoms. The molecule has 3 aromatic rings. The van der Waals surface area contributed by atoms with Gasteiger partial charge in [-0.25, -0.2) is 0 Å². The Morgan fingerprint density at radius 1 is 1.15 bits per heavy atom. The van der Waals surface area contributed by atoms with Crippen LogP contribution < -0.4 is 10.6 Å². The third-order valence-corrected chi connectivity index (χ3v) is 4.60. The van der Waals surface area contributed by atoms with E-state index in [-0.39, 0.29) is 17.5 Å². The predicted octanol–water partition coefficient (Wildman–Crippen LogP) is 3.54. The largest absolute Gasteiger partial charge is 0.347 e. The van der Waals surface area contributed by atoms with E-state index < -0.39 is 0 Å². The highest BCUT2D eigenvalue weighted by molar-refractivity contribution is 7.10. The Labute approximate surface area is 161 Å². The second kappa shape index (κ2) is 8.91. The van der Waals surface area contributed by atoms with Crippen LogP contribution in [0.5, 0.6) is 0 Å². The fourth-order valence-corrected chi connectivity index (χ4v) is 3.09. The summed E-state index contributed by atoms with van der Waals surface area (Å²) in [4.78, 5) is 30.2. The number of hydrogen-bond acceptors (Lipinski definition) is 4. The van der Waals surface area contributed by atoms with Crippen molar-refractivity contribution in [3.8, 4) is 0 Å². The molecule has 0 radical (unpaired) electrons. The molecule has 0 aliphatic rings. The van der Waals surface area contributed by atoms with Crippen molar-refractivity contribution in [2.45, 2.75) is 13.5 Å². The number of rotatable bonds is 6. The quantitative estimate of drug-likeness (QED) is 0.646. The number of aryl methyl sites for hydroxylation is 1. The lowest BCUT2D eigenvalue weighted by atomic mass is 10.1. The van der Waals surface area contributed by atoms with Gasteiger partial charge in [-0.05, 0) is 48.2 Å². The van der Waals surface area contributed by atoms with E-state index in [0.717, 1.165) is 16.0 Å². The van der Waals surface area contributed by atoms with Crippen molar-refractivity contribution < 1.29 is 9.59 Å². The van der Waals surface area contributed by atoms with Gasteiger partial charge in [0.25, 0.3) is 11.8 Å². The van der Waals surface area contributed by atoms with Crippen LogP contribution >= 0.6 is 11.3 Å². The Kier molecular flexibility index (Phi) is 6.12. The van der Waals surface area contributed by atoms with Crippen LogP contribution in [0.2, 0.25) is 0 Å². The Balaban J connectivity index is 1.76. The van der Waals surface area contributed by atoms with Crippen LogP contribution in [0.3, 0.4) is 0 Å². The van der Waals surface area contributed by atoms with E-state index in [0.29, 0.717) is 12.1 Å². The lowest BCUT2D eigenvalue weighted by Crippen LogP contribution is -2.34. The van der Waals surface area contributed by atoms with Crippen molar-refractivity contribution in [1.29, 1.82) is 0 Å². The van der Waals surface area contributed by atoms with Crippen molar-refractivity contribution in [3.05, 3.63) is 93.6 Å². The van der Waals surface area contributed by atoms with Gasteiger partial charge in [-0.1, -0.05) is 29.8 Å². The van der Waals surface area contributed by atoms with Gasteiger partial charge in [0.1, 0.15) is 5.70 Å². The molecule has 0 fully saturated rings. The van der Waals surface area contributed by atoms with Gasteiger partial charge in [0.05, 0.1) is 0 Å². The highest BCUT2D eigenvalue weighted by atomic mass is 32.1. The number of hydrogen-bond donors (Lipinski definition) is 2. The van der Waals surface area contributed by atoms with Gasteiger partial charge in [-0.2, -0.15) is 0 Å². The number of nitrogens with one attached hydrogen (secondary N) is 2. The normalized spacial score (nSPS) is 11.1. The first-order valence-corrected chi connectivity index (χ1v) is 9.30. The molecule has 27 heavy (non-hydrogen) atoms. The maximum atomic E-state index is 12.7. The summed E-state index contributed by atoms with van der Waals surface area (Å²) >= 11 is 1.49. The third kappa shape index (κ3) is 5.36. The molecular weight excluding hydrogens is 358 g/mol. The Hall–Kier alpha value is -3.25. The molecule has 136 valence electrons. The van der Waals surface area contributed by atoms with Crippen LogP contribution in [0.25, 0.3) is 6.08 Å². The van der Waals surface area contributed by atoms with Gasteiger partial charge in [-0.15, -0.1) is 11.3 Å². The average Bonchev–Trinajstić information content (AvgIpc) is 3.19. The van der Waals surface area contributed by atoms with Crippen molar-refractivity contribution in [2.75, 3.05) is 0 Å². The molecule has 0 saturated heterocycles. The van der Waals surface area contributed by atoms with Gasteiger partial charge >= 0.3 is 0 Å². The van der Waals surface area contributed by atoms with E-state index in [2.05, 4.69) is 15.6 Å². The summed E-state index contributed by atoms with van der Waals surface area (Å²) in [6.07, 6.45) is 5.04. The monoisotopic (exact) mass is 377 g/mol. The first-order chi connectivity index (χ1) is 13.1. The molecule has 0 bridgehead atoms. The van der Waals surface area contributed by atoms with Crippen LogP contribution in [0.15, 0.2) is 72.0 Å². The predicted molar refractivity (Wildman–Crippen MR) is 107 cm³/mol. The van der Waals surface area contributed by atoms with E-state index in [4.69, 9.17) is 0 Å². The van der Waals surface area contributed by atoms with Gasteiger partial charge in [0.2, 0.25) is 0 Å². The molecule has 0 unspecified atom stereocenters. The van der Waals surface area contributed by atoms with Crippen LogP contribution in [-0.2, 0) is 11.3 Å². The summed E-state index contributed by atoms with van der Waals surface area (Å²) in [5.74, 6) is -0.675. The Morgan fingerprint density at radius 3 is 2.74 bits per heavy atom. The molecule has 2 N–H and O–H groups in total. The van der Waals surface area contributed by atoms with E-state index in [1.807, 2.05) is 48.7 Å². The molecule has 0 aliphatic carbocycles. The number of amides is 2. The number of aromatic nitrogens is 1. The number of carbonyl (C=O) groups excluding carboxylic acids is 2. The zero-order valence-electron chi connectivity index (χ0n) is 14.8. The second-order valence-corrected chi connectivity index (χ2v) is 6.92. The maximum Gasteiger partial charge on any atom is 0.268 e. The highest BCUT2D eigenvalue weighted by Gasteiger charge is 2.15. The van der Waals surface area contributed by atoms with Crippen LogP contribution in [-0.4, -0.2) is 16.8 Å². The molecule has 5 nitrogen and oxygen atoms in total. The van der Waals surface area contributed by atoms with E-state index >= 15 is 0 Å². The van der Waals surface area contributed by atoms with Crippen molar-refractivity contribution in [1.82, 2.24) is 15.6 Å². The Bertz CT molecular complexity index is 951. The molecule has 2 heterocycles. The fourth-order valence-electron chi connectivity index (χ4n) is 2.44. The van der Waals surface area contributed by atoms with Gasteiger partial charge < -0.3 is 10.6 Å². The van der Waals surface area contributed by atoms with Gasteiger partial charge in [0.15, 0.2) is 0 Å². The minimum atomic E-state index is -0.353. The summed E-state index contributed by atoms with van der Waals surface area (Å²) in [6, 6.07) is 14.7. The first-order valence-electron chi connectivity index (χ1n) is 8.42. The smallest absolute Gasteiger partial charge is 0.268 e. The Morgan fingerprint density at radius 2 is 2.04 bits per heavy atom.